The highest BCUT2D eigenvalue weighted by Gasteiger charge is 2.62. The number of carbonyl (C=O) groups excluding carboxylic acids is 4. The number of benzene rings is 1. The predicted octanol–water partition coefficient (Wildman–Crippen LogP) is 5.45. The number of imide groups is 2. The molecule has 3 aromatic rings. The lowest BCUT2D eigenvalue weighted by atomic mass is 9.57. The zero-order chi connectivity index (χ0) is 30.9. The second-order valence-electron chi connectivity index (χ2n) is 11.5. The second-order valence-corrected chi connectivity index (χ2v) is 13.5. The Kier molecular flexibility index (Phi) is 6.92. The predicted molar refractivity (Wildman–Crippen MR) is 152 cm³/mol. The number of likely N-dealkylation sites (tertiary alicyclic amines) is 2. The maximum atomic E-state index is 14.0. The van der Waals surface area contributed by atoms with Crippen molar-refractivity contribution in [2.75, 3.05) is 0 Å². The molecule has 13 heteroatoms. The Morgan fingerprint density at radius 3 is 2.02 bits per heavy atom. The summed E-state index contributed by atoms with van der Waals surface area (Å²) in [7, 11) is 0. The molecule has 0 radical (unpaired) electrons. The van der Waals surface area contributed by atoms with Gasteiger partial charge < -0.3 is 9.84 Å². The van der Waals surface area contributed by atoms with Gasteiger partial charge in [0.25, 0.3) is 0 Å². The van der Waals surface area contributed by atoms with Crippen LogP contribution in [-0.4, -0.2) is 44.9 Å². The lowest BCUT2D eigenvalue weighted by Gasteiger charge is -2.44. The highest BCUT2D eigenvalue weighted by atomic mass is 32.1. The van der Waals surface area contributed by atoms with Crippen LogP contribution in [0.25, 0.3) is 0 Å². The number of phenolic OH excluding ortho intramolecular Hbond substituents is 1. The van der Waals surface area contributed by atoms with Crippen molar-refractivity contribution in [3.8, 4) is 11.5 Å². The number of halogens is 3. The van der Waals surface area contributed by atoms with Gasteiger partial charge in [0.2, 0.25) is 23.6 Å². The topological polar surface area (TPSA) is 104 Å². The van der Waals surface area contributed by atoms with Crippen LogP contribution in [0.2, 0.25) is 0 Å². The molecule has 4 heterocycles. The minimum atomic E-state index is -5.00. The van der Waals surface area contributed by atoms with Crippen molar-refractivity contribution < 1.29 is 42.2 Å². The van der Waals surface area contributed by atoms with Crippen LogP contribution in [0.1, 0.15) is 34.1 Å². The van der Waals surface area contributed by atoms with E-state index in [1.54, 1.807) is 18.2 Å². The van der Waals surface area contributed by atoms with Crippen LogP contribution < -0.4 is 4.74 Å². The van der Waals surface area contributed by atoms with Gasteiger partial charge in [0, 0.05) is 21.2 Å². The summed E-state index contributed by atoms with van der Waals surface area (Å²) in [6.45, 7) is 0.170. The van der Waals surface area contributed by atoms with Crippen molar-refractivity contribution in [2.45, 2.75) is 38.2 Å². The Morgan fingerprint density at radius 2 is 1.43 bits per heavy atom. The van der Waals surface area contributed by atoms with Crippen LogP contribution in [-0.2, 0) is 32.3 Å². The van der Waals surface area contributed by atoms with E-state index < -0.39 is 59.4 Å². The third-order valence-electron chi connectivity index (χ3n) is 9.19. The van der Waals surface area contributed by atoms with Gasteiger partial charge in [-0.1, -0.05) is 23.8 Å². The van der Waals surface area contributed by atoms with Gasteiger partial charge in [0.15, 0.2) is 0 Å². The molecule has 228 valence electrons. The van der Waals surface area contributed by atoms with E-state index in [1.165, 1.54) is 32.5 Å². The fraction of sp³-hybridized carbons (Fsp3) is 0.355. The first-order valence-corrected chi connectivity index (χ1v) is 15.8. The van der Waals surface area contributed by atoms with Crippen LogP contribution in [0.5, 0.6) is 11.5 Å². The molecule has 0 bridgehead atoms. The molecule has 6 atom stereocenters. The van der Waals surface area contributed by atoms with Gasteiger partial charge in [-0.2, -0.15) is 0 Å². The minimum absolute atomic E-state index is 0.00230. The lowest BCUT2D eigenvalue weighted by molar-refractivity contribution is -0.274. The highest BCUT2D eigenvalue weighted by molar-refractivity contribution is 7.10. The Balaban J connectivity index is 1.31. The summed E-state index contributed by atoms with van der Waals surface area (Å²) in [5, 5.41) is 14.7. The van der Waals surface area contributed by atoms with E-state index in [-0.39, 0.29) is 49.1 Å². The largest absolute Gasteiger partial charge is 0.573 e. The average Bonchev–Trinajstić information content (AvgIpc) is 3.77. The van der Waals surface area contributed by atoms with E-state index in [9.17, 15) is 37.5 Å². The summed E-state index contributed by atoms with van der Waals surface area (Å²) in [6, 6.07) is 10.4. The molecular weight excluding hydrogens is 617 g/mol. The molecule has 4 aliphatic rings. The fourth-order valence-corrected chi connectivity index (χ4v) is 8.86. The average molecular weight is 643 g/mol. The minimum Gasteiger partial charge on any atom is -0.508 e. The van der Waals surface area contributed by atoms with E-state index in [0.29, 0.717) is 5.57 Å². The molecule has 2 aromatic heterocycles. The molecule has 8 nitrogen and oxygen atoms in total. The number of aromatic hydroxyl groups is 1. The van der Waals surface area contributed by atoms with E-state index >= 15 is 0 Å². The van der Waals surface area contributed by atoms with Crippen LogP contribution in [0.4, 0.5) is 13.2 Å². The first kappa shape index (κ1) is 28.8. The van der Waals surface area contributed by atoms with Crippen molar-refractivity contribution in [3.05, 3.63) is 80.2 Å². The first-order valence-electron chi connectivity index (χ1n) is 14.1. The van der Waals surface area contributed by atoms with Gasteiger partial charge in [0.1, 0.15) is 11.5 Å². The number of rotatable bonds is 6. The fourth-order valence-electron chi connectivity index (χ4n) is 7.47. The number of phenols is 1. The number of nitrogens with zero attached hydrogens (tertiary/aromatic N) is 2. The van der Waals surface area contributed by atoms with Crippen LogP contribution >= 0.6 is 22.7 Å². The molecule has 4 amide bonds. The molecule has 0 unspecified atom stereocenters. The summed E-state index contributed by atoms with van der Waals surface area (Å²) in [6.07, 6.45) is -2.90. The first-order chi connectivity index (χ1) is 21.0. The Bertz CT molecular complexity index is 1690. The van der Waals surface area contributed by atoms with Gasteiger partial charge in [-0.05, 0) is 59.9 Å². The molecule has 1 aromatic carbocycles. The lowest BCUT2D eigenvalue weighted by Crippen LogP contribution is -2.43. The number of ether oxygens (including phenoxy) is 1. The quantitative estimate of drug-likeness (QED) is 0.283. The normalized spacial score (nSPS) is 28.2. The monoisotopic (exact) mass is 642 g/mol. The van der Waals surface area contributed by atoms with Gasteiger partial charge in [-0.15, -0.1) is 35.8 Å². The van der Waals surface area contributed by atoms with Crippen LogP contribution in [0.3, 0.4) is 0 Å². The Hall–Kier alpha value is -3.97. The molecule has 3 fully saturated rings. The molecule has 2 saturated heterocycles. The Morgan fingerprint density at radius 1 is 0.818 bits per heavy atom. The number of fused-ring (bicyclic) bond motifs is 4. The number of amides is 4. The van der Waals surface area contributed by atoms with E-state index in [2.05, 4.69) is 4.74 Å². The van der Waals surface area contributed by atoms with Crippen LogP contribution in [0.15, 0.2) is 64.9 Å². The summed E-state index contributed by atoms with van der Waals surface area (Å²) in [4.78, 5) is 59.3. The maximum Gasteiger partial charge on any atom is 0.573 e. The van der Waals surface area contributed by atoms with Crippen molar-refractivity contribution in [1.29, 1.82) is 0 Å². The molecule has 2 aliphatic heterocycles. The standard InChI is InChI=1S/C31H25F3N2O6S2/c32-31(33,34)42-15-5-8-23(37)21(11-15)24-18-6-7-19-25(29(40)35(27(19)38)13-16-3-1-9-43-16)20(18)12-22-26(24)30(41)36(28(22)39)14-17-4-2-10-44-17/h1-6,8-11,19-20,22,24-26,37H,7,12-14H2/t19-,20+,22+,24+,25-,26+/m0/s1. The number of hydrogen-bond donors (Lipinski definition) is 1. The van der Waals surface area contributed by atoms with Gasteiger partial charge >= 0.3 is 6.36 Å². The third kappa shape index (κ3) is 4.73. The smallest absolute Gasteiger partial charge is 0.508 e. The molecular formula is C31H25F3N2O6S2. The molecule has 1 N–H and O–H groups in total. The second kappa shape index (κ2) is 10.6. The van der Waals surface area contributed by atoms with Crippen LogP contribution in [0, 0.1) is 29.6 Å². The van der Waals surface area contributed by atoms with E-state index in [1.807, 2.05) is 22.9 Å². The van der Waals surface area contributed by atoms with E-state index in [0.717, 1.165) is 28.0 Å². The number of alkyl halides is 3. The molecule has 7 rings (SSSR count). The van der Waals surface area contributed by atoms with Gasteiger partial charge in [-0.25, -0.2) is 0 Å². The number of hydrogen-bond acceptors (Lipinski definition) is 8. The van der Waals surface area contributed by atoms with Crippen molar-refractivity contribution in [3.63, 3.8) is 0 Å². The van der Waals surface area contributed by atoms with Crippen molar-refractivity contribution in [2.24, 2.45) is 29.6 Å². The summed E-state index contributed by atoms with van der Waals surface area (Å²) >= 11 is 2.80. The molecule has 2 aliphatic carbocycles. The third-order valence-corrected chi connectivity index (χ3v) is 10.9. The number of allylic oxidation sites excluding steroid dienone is 2. The SMILES string of the molecule is O=C1[C@H]2[C@H](CC=C3[C@H]2C[C@H]2C(=O)N(Cc4cccs4)C(=O)[C@H]2[C@H]3c2cc(OC(F)(F)F)ccc2O)C(=O)N1Cc1cccs1. The number of thiophene rings is 2. The van der Waals surface area contributed by atoms with Gasteiger partial charge in [0.05, 0.1) is 36.8 Å². The Labute approximate surface area is 257 Å². The highest BCUT2D eigenvalue weighted by Crippen LogP contribution is 2.59. The number of carbonyl (C=O) groups is 4. The zero-order valence-corrected chi connectivity index (χ0v) is 24.5. The maximum absolute atomic E-state index is 14.0. The molecule has 1 saturated carbocycles. The summed E-state index contributed by atoms with van der Waals surface area (Å²) in [5.41, 5.74) is 0.577. The molecule has 0 spiro atoms. The van der Waals surface area contributed by atoms with Crippen molar-refractivity contribution in [1.82, 2.24) is 9.80 Å². The van der Waals surface area contributed by atoms with Crippen molar-refractivity contribution >= 4 is 46.3 Å². The summed E-state index contributed by atoms with van der Waals surface area (Å²) in [5.74, 6) is -7.54. The van der Waals surface area contributed by atoms with E-state index in [4.69, 9.17) is 0 Å². The van der Waals surface area contributed by atoms with Gasteiger partial charge in [-0.3, -0.25) is 29.0 Å². The summed E-state index contributed by atoms with van der Waals surface area (Å²) < 4.78 is 43.7. The zero-order valence-electron chi connectivity index (χ0n) is 22.9. The molecule has 44 heavy (non-hydrogen) atoms.